The molecule has 0 saturated heterocycles. The molecule has 4 nitrogen and oxygen atoms in total. The quantitative estimate of drug-likeness (QED) is 0.826. The molecule has 0 saturated carbocycles. The highest BCUT2D eigenvalue weighted by Gasteiger charge is 2.15. The predicted octanol–water partition coefficient (Wildman–Crippen LogP) is 2.19. The summed E-state index contributed by atoms with van der Waals surface area (Å²) in [5.41, 5.74) is 2.11. The first-order valence-corrected chi connectivity index (χ1v) is 6.13. The molecule has 0 aliphatic carbocycles. The number of aliphatic carboxylic acids is 1. The minimum absolute atomic E-state index is 0.200. The van der Waals surface area contributed by atoms with Gasteiger partial charge in [-0.25, -0.2) is 0 Å². The summed E-state index contributed by atoms with van der Waals surface area (Å²) in [5, 5.41) is 8.79. The third-order valence-corrected chi connectivity index (χ3v) is 2.84. The van der Waals surface area contributed by atoms with Crippen molar-refractivity contribution in [2.24, 2.45) is 5.92 Å². The smallest absolute Gasteiger partial charge is 0.308 e. The topological polar surface area (TPSA) is 57.6 Å². The van der Waals surface area contributed by atoms with Crippen molar-refractivity contribution in [3.63, 3.8) is 0 Å². The van der Waals surface area contributed by atoms with Gasteiger partial charge < -0.3 is 10.0 Å². The largest absolute Gasteiger partial charge is 0.481 e. The van der Waals surface area contributed by atoms with E-state index >= 15 is 0 Å². The van der Waals surface area contributed by atoms with Crippen LogP contribution in [0.4, 0.5) is 0 Å². The van der Waals surface area contributed by atoms with Crippen molar-refractivity contribution >= 4 is 18.0 Å². The SMILES string of the molecule is Cc1ccc(/C=C/C(=O)N(C)CC(C)C(=O)O)cc1. The first-order chi connectivity index (χ1) is 8.90. The van der Waals surface area contributed by atoms with Gasteiger partial charge >= 0.3 is 5.97 Å². The zero-order valence-corrected chi connectivity index (χ0v) is 11.5. The minimum atomic E-state index is -0.901. The lowest BCUT2D eigenvalue weighted by Crippen LogP contribution is -2.32. The van der Waals surface area contributed by atoms with Gasteiger partial charge in [-0.05, 0) is 18.6 Å². The van der Waals surface area contributed by atoms with Crippen molar-refractivity contribution in [3.8, 4) is 0 Å². The third kappa shape index (κ3) is 4.95. The molecule has 0 aliphatic heterocycles. The van der Waals surface area contributed by atoms with Crippen molar-refractivity contribution < 1.29 is 14.7 Å². The fraction of sp³-hybridized carbons (Fsp3) is 0.333. The molecule has 0 heterocycles. The second-order valence-electron chi connectivity index (χ2n) is 4.70. The lowest BCUT2D eigenvalue weighted by Gasteiger charge is -2.17. The Bertz CT molecular complexity index is 477. The van der Waals surface area contributed by atoms with E-state index in [9.17, 15) is 9.59 Å². The molecule has 0 aromatic heterocycles. The number of carboxylic acid groups (broad SMARTS) is 1. The molecular formula is C15H19NO3. The van der Waals surface area contributed by atoms with Crippen LogP contribution in [0, 0.1) is 12.8 Å². The molecule has 0 fully saturated rings. The van der Waals surface area contributed by atoms with Gasteiger partial charge in [-0.15, -0.1) is 0 Å². The van der Waals surface area contributed by atoms with E-state index in [0.29, 0.717) is 0 Å². The third-order valence-electron chi connectivity index (χ3n) is 2.84. The van der Waals surface area contributed by atoms with Crippen LogP contribution in [-0.2, 0) is 9.59 Å². The first-order valence-electron chi connectivity index (χ1n) is 6.13. The Hall–Kier alpha value is -2.10. The highest BCUT2D eigenvalue weighted by molar-refractivity contribution is 5.91. The van der Waals surface area contributed by atoms with Crippen LogP contribution in [0.1, 0.15) is 18.1 Å². The van der Waals surface area contributed by atoms with E-state index in [1.807, 2.05) is 31.2 Å². The Morgan fingerprint density at radius 1 is 1.32 bits per heavy atom. The number of carboxylic acids is 1. The van der Waals surface area contributed by atoms with Gasteiger partial charge in [-0.1, -0.05) is 36.8 Å². The Morgan fingerprint density at radius 2 is 1.89 bits per heavy atom. The van der Waals surface area contributed by atoms with Gasteiger partial charge in [0, 0.05) is 19.7 Å². The molecule has 1 unspecified atom stereocenters. The molecule has 1 aromatic rings. The number of carbonyl (C=O) groups excluding carboxylic acids is 1. The van der Waals surface area contributed by atoms with Gasteiger partial charge in [0.25, 0.3) is 0 Å². The number of hydrogen-bond donors (Lipinski definition) is 1. The first kappa shape index (κ1) is 15.0. The van der Waals surface area contributed by atoms with Crippen LogP contribution in [0.15, 0.2) is 30.3 Å². The second-order valence-corrected chi connectivity index (χ2v) is 4.70. The maximum atomic E-state index is 11.8. The van der Waals surface area contributed by atoms with Crippen LogP contribution in [0.2, 0.25) is 0 Å². The van der Waals surface area contributed by atoms with Gasteiger partial charge in [-0.3, -0.25) is 9.59 Å². The van der Waals surface area contributed by atoms with E-state index in [4.69, 9.17) is 5.11 Å². The zero-order valence-electron chi connectivity index (χ0n) is 11.5. The van der Waals surface area contributed by atoms with Crippen molar-refractivity contribution in [2.75, 3.05) is 13.6 Å². The van der Waals surface area contributed by atoms with E-state index < -0.39 is 11.9 Å². The molecule has 4 heteroatoms. The molecule has 1 amide bonds. The van der Waals surface area contributed by atoms with E-state index in [1.54, 1.807) is 20.0 Å². The Kier molecular flexibility index (Phi) is 5.30. The van der Waals surface area contributed by atoms with E-state index in [0.717, 1.165) is 11.1 Å². The van der Waals surface area contributed by atoms with Gasteiger partial charge in [0.05, 0.1) is 5.92 Å². The number of hydrogen-bond acceptors (Lipinski definition) is 2. The van der Waals surface area contributed by atoms with Crippen LogP contribution in [0.3, 0.4) is 0 Å². The van der Waals surface area contributed by atoms with Gasteiger partial charge in [0.15, 0.2) is 0 Å². The molecule has 1 aromatic carbocycles. The second kappa shape index (κ2) is 6.73. The number of rotatable bonds is 5. The average molecular weight is 261 g/mol. The molecule has 0 spiro atoms. The molecule has 1 N–H and O–H groups in total. The number of aryl methyl sites for hydroxylation is 1. The molecule has 0 aliphatic rings. The Morgan fingerprint density at radius 3 is 2.42 bits per heavy atom. The van der Waals surface area contributed by atoms with Gasteiger partial charge in [0.1, 0.15) is 0 Å². The fourth-order valence-corrected chi connectivity index (χ4v) is 1.55. The number of nitrogens with zero attached hydrogens (tertiary/aromatic N) is 1. The maximum Gasteiger partial charge on any atom is 0.308 e. The van der Waals surface area contributed by atoms with Crippen LogP contribution in [0.25, 0.3) is 6.08 Å². The standard InChI is InChI=1S/C15H19NO3/c1-11-4-6-13(7-5-11)8-9-14(17)16(3)10-12(2)15(18)19/h4-9,12H,10H2,1-3H3,(H,18,19)/b9-8+. The van der Waals surface area contributed by atoms with Gasteiger partial charge in [-0.2, -0.15) is 0 Å². The normalized spacial score (nSPS) is 12.4. The predicted molar refractivity (Wildman–Crippen MR) is 74.6 cm³/mol. The fourth-order valence-electron chi connectivity index (χ4n) is 1.55. The summed E-state index contributed by atoms with van der Waals surface area (Å²) in [6.07, 6.45) is 3.18. The summed E-state index contributed by atoms with van der Waals surface area (Å²) in [5.74, 6) is -1.67. The van der Waals surface area contributed by atoms with Crippen LogP contribution >= 0.6 is 0 Å². The van der Waals surface area contributed by atoms with Crippen LogP contribution in [-0.4, -0.2) is 35.5 Å². The van der Waals surface area contributed by atoms with E-state index in [-0.39, 0.29) is 12.5 Å². The van der Waals surface area contributed by atoms with Crippen molar-refractivity contribution in [3.05, 3.63) is 41.5 Å². The molecule has 1 atom stereocenters. The summed E-state index contributed by atoms with van der Waals surface area (Å²) >= 11 is 0. The van der Waals surface area contributed by atoms with E-state index in [1.165, 1.54) is 11.0 Å². The lowest BCUT2D eigenvalue weighted by molar-refractivity contribution is -0.142. The molecule has 0 bridgehead atoms. The van der Waals surface area contributed by atoms with Crippen LogP contribution in [0.5, 0.6) is 0 Å². The van der Waals surface area contributed by atoms with Crippen molar-refractivity contribution in [1.82, 2.24) is 4.90 Å². The highest BCUT2D eigenvalue weighted by Crippen LogP contribution is 2.06. The summed E-state index contributed by atoms with van der Waals surface area (Å²) in [4.78, 5) is 23.9. The molecule has 19 heavy (non-hydrogen) atoms. The van der Waals surface area contributed by atoms with Crippen molar-refractivity contribution in [2.45, 2.75) is 13.8 Å². The Balaban J connectivity index is 2.58. The minimum Gasteiger partial charge on any atom is -0.481 e. The number of amides is 1. The lowest BCUT2D eigenvalue weighted by atomic mass is 10.1. The van der Waals surface area contributed by atoms with Crippen LogP contribution < -0.4 is 0 Å². The number of carbonyl (C=O) groups is 2. The summed E-state index contributed by atoms with van der Waals surface area (Å²) in [6.45, 7) is 3.78. The number of likely N-dealkylation sites (N-methyl/N-ethyl adjacent to an activating group) is 1. The average Bonchev–Trinajstić information content (AvgIpc) is 2.37. The Labute approximate surface area is 113 Å². The van der Waals surface area contributed by atoms with Gasteiger partial charge in [0.2, 0.25) is 5.91 Å². The van der Waals surface area contributed by atoms with E-state index in [2.05, 4.69) is 0 Å². The number of benzene rings is 1. The molecule has 0 radical (unpaired) electrons. The zero-order chi connectivity index (χ0) is 14.4. The monoisotopic (exact) mass is 261 g/mol. The molecule has 1 rings (SSSR count). The van der Waals surface area contributed by atoms with Crippen molar-refractivity contribution in [1.29, 1.82) is 0 Å². The molecule has 102 valence electrons. The summed E-state index contributed by atoms with van der Waals surface area (Å²) < 4.78 is 0. The maximum absolute atomic E-state index is 11.8. The summed E-state index contributed by atoms with van der Waals surface area (Å²) in [7, 11) is 1.60. The molecular weight excluding hydrogens is 242 g/mol. The highest BCUT2D eigenvalue weighted by atomic mass is 16.4. The summed E-state index contributed by atoms with van der Waals surface area (Å²) in [6, 6.07) is 7.80.